The van der Waals surface area contributed by atoms with Crippen LogP contribution in [0.15, 0.2) is 0 Å². The van der Waals surface area contributed by atoms with E-state index in [0.717, 1.165) is 0 Å². The van der Waals surface area contributed by atoms with Crippen molar-refractivity contribution in [2.75, 3.05) is 0 Å². The lowest BCUT2D eigenvalue weighted by Crippen LogP contribution is -2.31. The predicted molar refractivity (Wildman–Crippen MR) is 67.8 cm³/mol. The van der Waals surface area contributed by atoms with Crippen molar-refractivity contribution in [3.63, 3.8) is 0 Å². The molecule has 0 fully saturated rings. The van der Waals surface area contributed by atoms with Gasteiger partial charge in [0.2, 0.25) is 0 Å². The van der Waals surface area contributed by atoms with Crippen LogP contribution in [-0.4, -0.2) is 4.57 Å². The molecule has 0 unspecified atom stereocenters. The average Bonchev–Trinajstić information content (AvgIpc) is 2.48. The number of fused-ring (bicyclic) bond motifs is 1. The minimum atomic E-state index is 1.30. The Balaban J connectivity index is 3.15. The van der Waals surface area contributed by atoms with Gasteiger partial charge in [0.15, 0.2) is 11.0 Å². The van der Waals surface area contributed by atoms with Gasteiger partial charge in [-0.2, -0.15) is 0 Å². The molecule has 0 aliphatic rings. The van der Waals surface area contributed by atoms with Gasteiger partial charge in [-0.1, -0.05) is 0 Å². The van der Waals surface area contributed by atoms with Crippen molar-refractivity contribution in [2.45, 2.75) is 34.6 Å². The van der Waals surface area contributed by atoms with Crippen LogP contribution in [0.3, 0.4) is 0 Å². The monoisotopic (exact) mass is 217 g/mol. The molecule has 1 heterocycles. The maximum atomic E-state index is 2.30. The third-order valence-corrected chi connectivity index (χ3v) is 4.26. The quantitative estimate of drug-likeness (QED) is 0.600. The Kier molecular flexibility index (Phi) is 2.33. The molecule has 16 heavy (non-hydrogen) atoms. The third kappa shape index (κ3) is 1.16. The first-order valence-corrected chi connectivity index (χ1v) is 5.79. The standard InChI is InChI=1S/C14H21N2/c1-8-9(2)11(4)14-13(10(8)3)15(6)12(5)16(14)7/h1-7H3/q+1. The minimum Gasteiger partial charge on any atom is -0.230 e. The van der Waals surface area contributed by atoms with Gasteiger partial charge in [-0.15, -0.1) is 0 Å². The lowest BCUT2D eigenvalue weighted by molar-refractivity contribution is -0.652. The molecule has 2 aromatic rings. The fourth-order valence-electron chi connectivity index (χ4n) is 2.64. The van der Waals surface area contributed by atoms with Crippen LogP contribution in [0.25, 0.3) is 11.0 Å². The van der Waals surface area contributed by atoms with Gasteiger partial charge in [-0.3, -0.25) is 0 Å². The van der Waals surface area contributed by atoms with Gasteiger partial charge in [-0.05, 0) is 38.8 Å². The Labute approximate surface area is 97.5 Å². The molecule has 0 radical (unpaired) electrons. The van der Waals surface area contributed by atoms with Crippen molar-refractivity contribution >= 4 is 11.0 Å². The van der Waals surface area contributed by atoms with Gasteiger partial charge in [0, 0.05) is 18.1 Å². The zero-order valence-corrected chi connectivity index (χ0v) is 11.4. The van der Waals surface area contributed by atoms with E-state index in [9.17, 15) is 0 Å². The second-order valence-electron chi connectivity index (χ2n) is 4.86. The van der Waals surface area contributed by atoms with Gasteiger partial charge in [-0.25, -0.2) is 9.13 Å². The predicted octanol–water partition coefficient (Wildman–Crippen LogP) is 2.54. The molecule has 2 rings (SSSR count). The number of hydrogen-bond donors (Lipinski definition) is 0. The Morgan fingerprint density at radius 3 is 1.88 bits per heavy atom. The first-order chi connectivity index (χ1) is 7.37. The van der Waals surface area contributed by atoms with Gasteiger partial charge < -0.3 is 0 Å². The number of aromatic nitrogens is 2. The van der Waals surface area contributed by atoms with Crippen molar-refractivity contribution in [3.05, 3.63) is 28.1 Å². The normalized spacial score (nSPS) is 11.4. The number of rotatable bonds is 0. The number of imidazole rings is 1. The molecule has 0 saturated carbocycles. The molecular formula is C14H21N2+. The highest BCUT2D eigenvalue weighted by Gasteiger charge is 2.22. The van der Waals surface area contributed by atoms with Crippen LogP contribution in [0.1, 0.15) is 28.1 Å². The summed E-state index contributed by atoms with van der Waals surface area (Å²) < 4.78 is 4.59. The van der Waals surface area contributed by atoms with Crippen molar-refractivity contribution in [1.29, 1.82) is 0 Å². The summed E-state index contributed by atoms with van der Waals surface area (Å²) >= 11 is 0. The van der Waals surface area contributed by atoms with Gasteiger partial charge in [0.1, 0.15) is 0 Å². The highest BCUT2D eigenvalue weighted by Crippen LogP contribution is 2.27. The largest absolute Gasteiger partial charge is 0.253 e. The summed E-state index contributed by atoms with van der Waals surface area (Å²) in [5.41, 5.74) is 8.41. The molecule has 0 aliphatic carbocycles. The molecule has 0 aliphatic heterocycles. The second kappa shape index (κ2) is 3.34. The van der Waals surface area contributed by atoms with E-state index in [-0.39, 0.29) is 0 Å². The molecule has 0 spiro atoms. The summed E-state index contributed by atoms with van der Waals surface area (Å²) in [6.45, 7) is 11.1. The number of aryl methyl sites for hydroxylation is 4. The summed E-state index contributed by atoms with van der Waals surface area (Å²) in [5, 5.41) is 0. The van der Waals surface area contributed by atoms with Crippen LogP contribution in [0.5, 0.6) is 0 Å². The molecule has 0 amide bonds. The van der Waals surface area contributed by atoms with Crippen molar-refractivity contribution < 1.29 is 4.57 Å². The Bertz CT molecular complexity index is 538. The summed E-state index contributed by atoms with van der Waals surface area (Å²) in [7, 11) is 4.30. The summed E-state index contributed by atoms with van der Waals surface area (Å²) in [6.07, 6.45) is 0. The topological polar surface area (TPSA) is 8.81 Å². The van der Waals surface area contributed by atoms with Crippen LogP contribution in [0.4, 0.5) is 0 Å². The lowest BCUT2D eigenvalue weighted by Gasteiger charge is -2.08. The Hall–Kier alpha value is -1.31. The summed E-state index contributed by atoms with van der Waals surface area (Å²) in [6, 6.07) is 0. The molecule has 2 heteroatoms. The number of hydrogen-bond acceptors (Lipinski definition) is 0. The van der Waals surface area contributed by atoms with Crippen molar-refractivity contribution in [2.24, 2.45) is 14.1 Å². The molecular weight excluding hydrogens is 196 g/mol. The number of benzene rings is 1. The highest BCUT2D eigenvalue weighted by atomic mass is 15.1. The molecule has 0 atom stereocenters. The summed E-state index contributed by atoms with van der Waals surface area (Å²) in [5.74, 6) is 1.30. The van der Waals surface area contributed by atoms with E-state index < -0.39 is 0 Å². The zero-order chi connectivity index (χ0) is 12.2. The van der Waals surface area contributed by atoms with E-state index in [0.29, 0.717) is 0 Å². The maximum Gasteiger partial charge on any atom is 0.253 e. The van der Waals surface area contributed by atoms with Crippen LogP contribution in [0, 0.1) is 34.6 Å². The lowest BCUT2D eigenvalue weighted by atomic mass is 9.97. The second-order valence-corrected chi connectivity index (χ2v) is 4.86. The van der Waals surface area contributed by atoms with E-state index in [4.69, 9.17) is 0 Å². The molecule has 0 saturated heterocycles. The van der Waals surface area contributed by atoms with Crippen LogP contribution in [-0.2, 0) is 14.1 Å². The minimum absolute atomic E-state index is 1.30. The molecule has 0 bridgehead atoms. The van der Waals surface area contributed by atoms with E-state index in [1.807, 2.05) is 0 Å². The fraction of sp³-hybridized carbons (Fsp3) is 0.500. The van der Waals surface area contributed by atoms with Crippen LogP contribution in [0.2, 0.25) is 0 Å². The van der Waals surface area contributed by atoms with E-state index in [1.54, 1.807) is 0 Å². The van der Waals surface area contributed by atoms with Gasteiger partial charge in [0.05, 0.1) is 14.1 Å². The van der Waals surface area contributed by atoms with Crippen molar-refractivity contribution in [1.82, 2.24) is 4.57 Å². The molecule has 2 nitrogen and oxygen atoms in total. The maximum absolute atomic E-state index is 2.30. The van der Waals surface area contributed by atoms with Crippen LogP contribution < -0.4 is 4.57 Å². The SMILES string of the molecule is Cc1c(C)c(C)c2c(c1C)n(C)c(C)[n+]2C. The molecule has 1 aromatic heterocycles. The van der Waals surface area contributed by atoms with Crippen LogP contribution >= 0.6 is 0 Å². The highest BCUT2D eigenvalue weighted by molar-refractivity contribution is 5.82. The fourth-order valence-corrected chi connectivity index (χ4v) is 2.64. The number of nitrogens with zero attached hydrogens (tertiary/aromatic N) is 2. The first-order valence-electron chi connectivity index (χ1n) is 5.79. The molecule has 1 aromatic carbocycles. The first kappa shape index (κ1) is 11.2. The van der Waals surface area contributed by atoms with E-state index in [2.05, 4.69) is 57.8 Å². The smallest absolute Gasteiger partial charge is 0.230 e. The molecule has 86 valence electrons. The zero-order valence-electron chi connectivity index (χ0n) is 11.4. The van der Waals surface area contributed by atoms with Crippen molar-refractivity contribution in [3.8, 4) is 0 Å². The van der Waals surface area contributed by atoms with Gasteiger partial charge >= 0.3 is 0 Å². The Morgan fingerprint density at radius 2 is 1.31 bits per heavy atom. The summed E-state index contributed by atoms with van der Waals surface area (Å²) in [4.78, 5) is 0. The van der Waals surface area contributed by atoms with E-state index in [1.165, 1.54) is 39.1 Å². The third-order valence-electron chi connectivity index (χ3n) is 4.26. The van der Waals surface area contributed by atoms with Gasteiger partial charge in [0.25, 0.3) is 5.82 Å². The van der Waals surface area contributed by atoms with E-state index >= 15 is 0 Å². The Morgan fingerprint density at radius 1 is 0.812 bits per heavy atom. The average molecular weight is 217 g/mol. The molecule has 0 N–H and O–H groups in total.